The summed E-state index contributed by atoms with van der Waals surface area (Å²) in [4.78, 5) is 21.5. The normalized spacial score (nSPS) is 11.7. The first kappa shape index (κ1) is 15.5. The van der Waals surface area contributed by atoms with Crippen LogP contribution in [-0.4, -0.2) is 23.1 Å². The van der Waals surface area contributed by atoms with Crippen molar-refractivity contribution in [3.8, 4) is 11.1 Å². The van der Waals surface area contributed by atoms with Crippen LogP contribution in [0.15, 0.2) is 48.5 Å². The summed E-state index contributed by atoms with van der Waals surface area (Å²) in [7, 11) is 0. The number of hydrogen-bond donors (Lipinski definition) is 4. The third kappa shape index (κ3) is 4.07. The van der Waals surface area contributed by atoms with Gasteiger partial charge in [-0.2, -0.15) is 0 Å². The lowest BCUT2D eigenvalue weighted by Crippen LogP contribution is -2.32. The maximum absolute atomic E-state index is 10.8. The Morgan fingerprint density at radius 1 is 1.00 bits per heavy atom. The number of benzene rings is 2. The van der Waals surface area contributed by atoms with E-state index in [1.54, 1.807) is 12.1 Å². The second-order valence-electron chi connectivity index (χ2n) is 4.91. The zero-order chi connectivity index (χ0) is 16.1. The molecule has 2 aromatic rings. The van der Waals surface area contributed by atoms with Crippen molar-refractivity contribution in [2.45, 2.75) is 12.5 Å². The molecule has 0 saturated heterocycles. The number of primary amides is 1. The first-order chi connectivity index (χ1) is 10.5. The molecule has 2 aromatic carbocycles. The van der Waals surface area contributed by atoms with Gasteiger partial charge in [0.1, 0.15) is 6.04 Å². The number of carboxylic acid groups (broad SMARTS) is 1. The average Bonchev–Trinajstić information content (AvgIpc) is 2.48. The Labute approximate surface area is 127 Å². The molecule has 6 nitrogen and oxygen atoms in total. The summed E-state index contributed by atoms with van der Waals surface area (Å²) < 4.78 is 0. The zero-order valence-corrected chi connectivity index (χ0v) is 11.8. The molecule has 0 spiro atoms. The highest BCUT2D eigenvalue weighted by atomic mass is 16.4. The van der Waals surface area contributed by atoms with E-state index in [2.05, 4.69) is 5.32 Å². The number of hydrogen-bond acceptors (Lipinski definition) is 3. The van der Waals surface area contributed by atoms with E-state index in [1.807, 2.05) is 36.4 Å². The molecule has 0 bridgehead atoms. The van der Waals surface area contributed by atoms with Gasteiger partial charge in [-0.15, -0.1) is 0 Å². The van der Waals surface area contributed by atoms with Crippen molar-refractivity contribution in [2.75, 3.05) is 5.32 Å². The second kappa shape index (κ2) is 6.73. The number of urea groups is 1. The van der Waals surface area contributed by atoms with Gasteiger partial charge in [-0.1, -0.05) is 36.4 Å². The number of carbonyl (C=O) groups is 2. The molecule has 114 valence electrons. The largest absolute Gasteiger partial charge is 0.480 e. The van der Waals surface area contributed by atoms with Gasteiger partial charge < -0.3 is 21.9 Å². The van der Waals surface area contributed by atoms with E-state index in [0.717, 1.165) is 16.7 Å². The first-order valence-corrected chi connectivity index (χ1v) is 6.70. The Kier molecular flexibility index (Phi) is 4.75. The molecule has 0 aliphatic heterocycles. The summed E-state index contributed by atoms with van der Waals surface area (Å²) in [6.45, 7) is 0. The van der Waals surface area contributed by atoms with Gasteiger partial charge in [-0.05, 0) is 35.2 Å². The molecule has 6 N–H and O–H groups in total. The number of nitrogens with one attached hydrogen (secondary N) is 1. The quantitative estimate of drug-likeness (QED) is 0.673. The molecule has 0 aliphatic rings. The van der Waals surface area contributed by atoms with Gasteiger partial charge in [0.15, 0.2) is 0 Å². The van der Waals surface area contributed by atoms with Crippen molar-refractivity contribution < 1.29 is 14.7 Å². The maximum atomic E-state index is 10.8. The van der Waals surface area contributed by atoms with Crippen LogP contribution in [0, 0.1) is 0 Å². The van der Waals surface area contributed by atoms with Crippen LogP contribution in [-0.2, 0) is 11.2 Å². The minimum Gasteiger partial charge on any atom is -0.480 e. The summed E-state index contributed by atoms with van der Waals surface area (Å²) in [5.41, 5.74) is 14.0. The van der Waals surface area contributed by atoms with E-state index in [0.29, 0.717) is 5.69 Å². The standard InChI is InChI=1S/C16H17N3O3/c17-14(15(20)21)9-10-1-3-11(4-2-10)12-5-7-13(8-6-12)19-16(18)22/h1-8,14H,9,17H2,(H,20,21)(H3,18,19,22)/t14-/m0/s1. The molecule has 0 aromatic heterocycles. The van der Waals surface area contributed by atoms with Crippen LogP contribution in [0.5, 0.6) is 0 Å². The number of aliphatic carboxylic acids is 1. The Hall–Kier alpha value is -2.86. The van der Waals surface area contributed by atoms with Gasteiger partial charge in [-0.3, -0.25) is 4.79 Å². The van der Waals surface area contributed by atoms with Crippen molar-refractivity contribution in [3.05, 3.63) is 54.1 Å². The minimum absolute atomic E-state index is 0.289. The van der Waals surface area contributed by atoms with Crippen LogP contribution >= 0.6 is 0 Å². The van der Waals surface area contributed by atoms with Crippen LogP contribution in [0.2, 0.25) is 0 Å². The van der Waals surface area contributed by atoms with Crippen LogP contribution in [0.3, 0.4) is 0 Å². The van der Waals surface area contributed by atoms with Gasteiger partial charge >= 0.3 is 12.0 Å². The molecular weight excluding hydrogens is 282 g/mol. The Morgan fingerprint density at radius 3 is 1.95 bits per heavy atom. The summed E-state index contributed by atoms with van der Waals surface area (Å²) >= 11 is 0. The average molecular weight is 299 g/mol. The molecule has 0 radical (unpaired) electrons. The fraction of sp³-hybridized carbons (Fsp3) is 0.125. The fourth-order valence-corrected chi connectivity index (χ4v) is 2.06. The minimum atomic E-state index is -1.01. The van der Waals surface area contributed by atoms with Gasteiger partial charge in [0.05, 0.1) is 0 Å². The van der Waals surface area contributed by atoms with Crippen LogP contribution in [0.4, 0.5) is 10.5 Å². The van der Waals surface area contributed by atoms with Crippen LogP contribution in [0.1, 0.15) is 5.56 Å². The topological polar surface area (TPSA) is 118 Å². The third-order valence-electron chi connectivity index (χ3n) is 3.21. The molecule has 0 fully saturated rings. The third-order valence-corrected chi connectivity index (χ3v) is 3.21. The molecule has 2 amide bonds. The van der Waals surface area contributed by atoms with Gasteiger partial charge in [-0.25, -0.2) is 4.79 Å². The Bertz CT molecular complexity index is 666. The summed E-state index contributed by atoms with van der Waals surface area (Å²) in [6.07, 6.45) is 0.289. The van der Waals surface area contributed by atoms with Crippen molar-refractivity contribution in [1.29, 1.82) is 0 Å². The van der Waals surface area contributed by atoms with Crippen molar-refractivity contribution >= 4 is 17.7 Å². The maximum Gasteiger partial charge on any atom is 0.320 e. The van der Waals surface area contributed by atoms with E-state index in [4.69, 9.17) is 16.6 Å². The monoisotopic (exact) mass is 299 g/mol. The predicted molar refractivity (Wildman–Crippen MR) is 84.4 cm³/mol. The molecule has 1 atom stereocenters. The second-order valence-corrected chi connectivity index (χ2v) is 4.91. The molecule has 6 heteroatoms. The van der Waals surface area contributed by atoms with E-state index >= 15 is 0 Å². The molecule has 22 heavy (non-hydrogen) atoms. The van der Waals surface area contributed by atoms with E-state index in [1.165, 1.54) is 0 Å². The lowest BCUT2D eigenvalue weighted by atomic mass is 10.0. The van der Waals surface area contributed by atoms with Crippen LogP contribution < -0.4 is 16.8 Å². The Morgan fingerprint density at radius 2 is 1.50 bits per heavy atom. The Balaban J connectivity index is 2.10. The highest BCUT2D eigenvalue weighted by Gasteiger charge is 2.11. The summed E-state index contributed by atoms with van der Waals surface area (Å²) in [5.74, 6) is -1.01. The molecular formula is C16H17N3O3. The number of amides is 2. The van der Waals surface area contributed by atoms with Gasteiger partial charge in [0.25, 0.3) is 0 Å². The first-order valence-electron chi connectivity index (χ1n) is 6.70. The summed E-state index contributed by atoms with van der Waals surface area (Å²) in [5, 5.41) is 11.3. The van der Waals surface area contributed by atoms with E-state index < -0.39 is 18.0 Å². The molecule has 0 saturated carbocycles. The molecule has 0 unspecified atom stereocenters. The lowest BCUT2D eigenvalue weighted by molar-refractivity contribution is -0.138. The lowest BCUT2D eigenvalue weighted by Gasteiger charge is -2.08. The van der Waals surface area contributed by atoms with Crippen molar-refractivity contribution in [2.24, 2.45) is 11.5 Å². The zero-order valence-electron chi connectivity index (χ0n) is 11.8. The number of carboxylic acids is 1. The summed E-state index contributed by atoms with van der Waals surface area (Å²) in [6, 6.07) is 13.3. The van der Waals surface area contributed by atoms with Gasteiger partial charge in [0.2, 0.25) is 0 Å². The highest BCUT2D eigenvalue weighted by molar-refractivity contribution is 5.88. The molecule has 2 rings (SSSR count). The van der Waals surface area contributed by atoms with Crippen molar-refractivity contribution in [1.82, 2.24) is 0 Å². The molecule has 0 aliphatic carbocycles. The van der Waals surface area contributed by atoms with Crippen molar-refractivity contribution in [3.63, 3.8) is 0 Å². The van der Waals surface area contributed by atoms with E-state index in [9.17, 15) is 9.59 Å². The fourth-order valence-electron chi connectivity index (χ4n) is 2.06. The predicted octanol–water partition coefficient (Wildman–Crippen LogP) is 1.80. The number of rotatable bonds is 5. The smallest absolute Gasteiger partial charge is 0.320 e. The molecule has 0 heterocycles. The SMILES string of the molecule is NC(=O)Nc1ccc(-c2ccc(C[C@H](N)C(=O)O)cc2)cc1. The highest BCUT2D eigenvalue weighted by Crippen LogP contribution is 2.22. The number of anilines is 1. The number of carbonyl (C=O) groups excluding carboxylic acids is 1. The van der Waals surface area contributed by atoms with E-state index in [-0.39, 0.29) is 6.42 Å². The van der Waals surface area contributed by atoms with Gasteiger partial charge in [0, 0.05) is 5.69 Å². The van der Waals surface area contributed by atoms with Crippen LogP contribution in [0.25, 0.3) is 11.1 Å². The number of nitrogens with two attached hydrogens (primary N) is 2.